The number of rotatable bonds is 4. The number of thiocarbonyl (C=S) groups is 1. The Hall–Kier alpha value is -2.80. The Morgan fingerprint density at radius 1 is 1.26 bits per heavy atom. The Bertz CT molecular complexity index is 774. The molecule has 0 saturated carbocycles. The molecule has 6 nitrogen and oxygen atoms in total. The summed E-state index contributed by atoms with van der Waals surface area (Å²) >= 11 is 5.16. The molecular formula is C16H16N4O2S. The molecule has 2 rings (SSSR count). The number of anilines is 1. The molecule has 23 heavy (non-hydrogen) atoms. The van der Waals surface area contributed by atoms with Crippen LogP contribution >= 0.6 is 12.2 Å². The first-order valence-corrected chi connectivity index (χ1v) is 7.29. The summed E-state index contributed by atoms with van der Waals surface area (Å²) in [5.74, 6) is 0. The summed E-state index contributed by atoms with van der Waals surface area (Å²) in [7, 11) is 0. The second-order valence-electron chi connectivity index (χ2n) is 4.96. The van der Waals surface area contributed by atoms with Crippen molar-refractivity contribution in [2.45, 2.75) is 13.8 Å². The van der Waals surface area contributed by atoms with Gasteiger partial charge in [0.1, 0.15) is 0 Å². The van der Waals surface area contributed by atoms with Crippen LogP contribution in [0.5, 0.6) is 0 Å². The maximum absolute atomic E-state index is 10.9. The van der Waals surface area contributed by atoms with Gasteiger partial charge in [-0.05, 0) is 43.8 Å². The monoisotopic (exact) mass is 328 g/mol. The fourth-order valence-electron chi connectivity index (χ4n) is 2.03. The van der Waals surface area contributed by atoms with E-state index >= 15 is 0 Å². The molecular weight excluding hydrogens is 312 g/mol. The summed E-state index contributed by atoms with van der Waals surface area (Å²) < 4.78 is 0. The zero-order valence-corrected chi connectivity index (χ0v) is 13.6. The Balaban J connectivity index is 2.00. The normalized spacial score (nSPS) is 10.5. The van der Waals surface area contributed by atoms with Crippen LogP contribution in [0.25, 0.3) is 0 Å². The minimum atomic E-state index is -0.451. The van der Waals surface area contributed by atoms with Crippen LogP contribution in [0.3, 0.4) is 0 Å². The van der Waals surface area contributed by atoms with Gasteiger partial charge in [-0.3, -0.25) is 15.5 Å². The highest BCUT2D eigenvalue weighted by Gasteiger charge is 2.09. The van der Waals surface area contributed by atoms with Crippen molar-refractivity contribution in [2.75, 3.05) is 5.32 Å². The van der Waals surface area contributed by atoms with Crippen molar-refractivity contribution < 1.29 is 4.92 Å². The van der Waals surface area contributed by atoms with Gasteiger partial charge < -0.3 is 5.32 Å². The number of hydrogen-bond acceptors (Lipinski definition) is 4. The van der Waals surface area contributed by atoms with E-state index in [1.165, 1.54) is 17.8 Å². The number of nitrogens with one attached hydrogen (secondary N) is 2. The number of hydrazone groups is 1. The Morgan fingerprint density at radius 2 is 2.00 bits per heavy atom. The van der Waals surface area contributed by atoms with Crippen LogP contribution in [0.1, 0.15) is 16.7 Å². The molecule has 0 amide bonds. The molecule has 2 aromatic carbocycles. The molecule has 0 aromatic heterocycles. The molecule has 7 heteroatoms. The molecule has 0 saturated heterocycles. The van der Waals surface area contributed by atoms with Crippen molar-refractivity contribution in [3.8, 4) is 0 Å². The fraction of sp³-hybridized carbons (Fsp3) is 0.125. The van der Waals surface area contributed by atoms with E-state index in [1.807, 2.05) is 32.0 Å². The van der Waals surface area contributed by atoms with Crippen LogP contribution in [-0.2, 0) is 0 Å². The Labute approximate surface area is 139 Å². The third kappa shape index (κ3) is 4.58. The Kier molecular flexibility index (Phi) is 5.37. The quantitative estimate of drug-likeness (QED) is 0.388. The van der Waals surface area contributed by atoms with E-state index < -0.39 is 4.92 Å². The lowest BCUT2D eigenvalue weighted by Gasteiger charge is -2.10. The number of aryl methyl sites for hydroxylation is 2. The van der Waals surface area contributed by atoms with Crippen LogP contribution in [0.2, 0.25) is 0 Å². The number of hydrogen-bond donors (Lipinski definition) is 2. The van der Waals surface area contributed by atoms with Gasteiger partial charge in [-0.25, -0.2) is 0 Å². The molecule has 0 unspecified atom stereocenters. The summed E-state index contributed by atoms with van der Waals surface area (Å²) in [6.07, 6.45) is 1.37. The van der Waals surface area contributed by atoms with Gasteiger partial charge in [0.15, 0.2) is 5.11 Å². The summed E-state index contributed by atoms with van der Waals surface area (Å²) in [6, 6.07) is 12.3. The molecule has 0 atom stereocenters. The third-order valence-corrected chi connectivity index (χ3v) is 3.33. The first kappa shape index (κ1) is 16.6. The van der Waals surface area contributed by atoms with Crippen molar-refractivity contribution >= 4 is 34.9 Å². The third-order valence-electron chi connectivity index (χ3n) is 3.13. The molecule has 118 valence electrons. The number of benzene rings is 2. The van der Waals surface area contributed by atoms with Gasteiger partial charge in [-0.15, -0.1) is 0 Å². The highest BCUT2D eigenvalue weighted by Crippen LogP contribution is 2.16. The predicted molar refractivity (Wildman–Crippen MR) is 96.0 cm³/mol. The first-order valence-electron chi connectivity index (χ1n) is 6.88. The summed E-state index contributed by atoms with van der Waals surface area (Å²) in [4.78, 5) is 10.5. The summed E-state index contributed by atoms with van der Waals surface area (Å²) in [5.41, 5.74) is 6.17. The minimum absolute atomic E-state index is 0.00805. The van der Waals surface area contributed by atoms with Gasteiger partial charge in [0.05, 0.1) is 16.7 Å². The SMILES string of the molecule is Cc1ccc(NC(=S)N/N=C/c2ccccc2[N+](=O)[O-])c(C)c1. The zero-order chi connectivity index (χ0) is 16.8. The van der Waals surface area contributed by atoms with E-state index in [-0.39, 0.29) is 5.69 Å². The van der Waals surface area contributed by atoms with E-state index in [9.17, 15) is 10.1 Å². The fourth-order valence-corrected chi connectivity index (χ4v) is 2.19. The van der Waals surface area contributed by atoms with E-state index in [2.05, 4.69) is 15.8 Å². The standard InChI is InChI=1S/C16H16N4O2S/c1-11-7-8-14(12(2)9-11)18-16(23)19-17-10-13-5-3-4-6-15(13)20(21)22/h3-10H,1-2H3,(H2,18,19,23)/b17-10+. The summed E-state index contributed by atoms with van der Waals surface area (Å²) in [5, 5.41) is 18.2. The van der Waals surface area contributed by atoms with Crippen molar-refractivity contribution in [1.82, 2.24) is 5.43 Å². The molecule has 0 heterocycles. The van der Waals surface area contributed by atoms with Gasteiger partial charge in [-0.2, -0.15) is 5.10 Å². The molecule has 0 fully saturated rings. The van der Waals surface area contributed by atoms with Crippen molar-refractivity contribution in [2.24, 2.45) is 5.10 Å². The second kappa shape index (κ2) is 7.46. The van der Waals surface area contributed by atoms with Gasteiger partial charge in [0.2, 0.25) is 0 Å². The zero-order valence-electron chi connectivity index (χ0n) is 12.7. The number of nitro benzene ring substituents is 1. The minimum Gasteiger partial charge on any atom is -0.331 e. The number of para-hydroxylation sites is 1. The molecule has 0 spiro atoms. The van der Waals surface area contributed by atoms with E-state index in [0.29, 0.717) is 10.7 Å². The van der Waals surface area contributed by atoms with E-state index in [0.717, 1.165) is 11.3 Å². The van der Waals surface area contributed by atoms with Crippen LogP contribution < -0.4 is 10.7 Å². The summed E-state index contributed by atoms with van der Waals surface area (Å²) in [6.45, 7) is 4.00. The maximum Gasteiger partial charge on any atom is 0.278 e. The van der Waals surface area contributed by atoms with Crippen LogP contribution in [0.15, 0.2) is 47.6 Å². The molecule has 2 aromatic rings. The molecule has 0 radical (unpaired) electrons. The smallest absolute Gasteiger partial charge is 0.278 e. The number of nitrogens with zero attached hydrogens (tertiary/aromatic N) is 2. The average molecular weight is 328 g/mol. The lowest BCUT2D eigenvalue weighted by Crippen LogP contribution is -2.24. The van der Waals surface area contributed by atoms with Crippen LogP contribution in [-0.4, -0.2) is 16.3 Å². The predicted octanol–water partition coefficient (Wildman–Crippen LogP) is 3.53. The van der Waals surface area contributed by atoms with Crippen molar-refractivity contribution in [3.63, 3.8) is 0 Å². The highest BCUT2D eigenvalue weighted by atomic mass is 32.1. The van der Waals surface area contributed by atoms with Gasteiger partial charge in [-0.1, -0.05) is 29.8 Å². The molecule has 0 aliphatic carbocycles. The molecule has 0 aliphatic heterocycles. The topological polar surface area (TPSA) is 79.6 Å². The Morgan fingerprint density at radius 3 is 2.70 bits per heavy atom. The molecule has 0 aliphatic rings. The highest BCUT2D eigenvalue weighted by molar-refractivity contribution is 7.80. The first-order chi connectivity index (χ1) is 11.0. The van der Waals surface area contributed by atoms with Crippen molar-refractivity contribution in [3.05, 3.63) is 69.3 Å². The van der Waals surface area contributed by atoms with Crippen molar-refractivity contribution in [1.29, 1.82) is 0 Å². The number of nitro groups is 1. The average Bonchev–Trinajstić information content (AvgIpc) is 2.50. The van der Waals surface area contributed by atoms with E-state index in [4.69, 9.17) is 12.2 Å². The van der Waals surface area contributed by atoms with Crippen LogP contribution in [0, 0.1) is 24.0 Å². The lowest BCUT2D eigenvalue weighted by atomic mass is 10.1. The van der Waals surface area contributed by atoms with Crippen LogP contribution in [0.4, 0.5) is 11.4 Å². The van der Waals surface area contributed by atoms with Gasteiger partial charge >= 0.3 is 0 Å². The lowest BCUT2D eigenvalue weighted by molar-refractivity contribution is -0.385. The van der Waals surface area contributed by atoms with Gasteiger partial charge in [0, 0.05) is 11.8 Å². The van der Waals surface area contributed by atoms with Gasteiger partial charge in [0.25, 0.3) is 5.69 Å². The largest absolute Gasteiger partial charge is 0.331 e. The molecule has 2 N–H and O–H groups in total. The second-order valence-corrected chi connectivity index (χ2v) is 5.37. The van der Waals surface area contributed by atoms with E-state index in [1.54, 1.807) is 18.2 Å². The maximum atomic E-state index is 10.9. The molecule has 0 bridgehead atoms.